The first-order chi connectivity index (χ1) is 5.19. The van der Waals surface area contributed by atoms with Crippen molar-refractivity contribution >= 4 is 5.78 Å². The van der Waals surface area contributed by atoms with Gasteiger partial charge in [-0.05, 0) is 26.2 Å². The summed E-state index contributed by atoms with van der Waals surface area (Å²) < 4.78 is 0. The fraction of sp³-hybridized carbons (Fsp3) is 0.875. The second-order valence-electron chi connectivity index (χ2n) is 3.31. The minimum absolute atomic E-state index is 0.0255. The van der Waals surface area contributed by atoms with Gasteiger partial charge in [-0.2, -0.15) is 0 Å². The molecule has 0 aromatic rings. The highest BCUT2D eigenvalue weighted by molar-refractivity contribution is 5.86. The van der Waals surface area contributed by atoms with Gasteiger partial charge in [0.05, 0.1) is 0 Å². The van der Waals surface area contributed by atoms with Crippen LogP contribution in [0, 0.1) is 0 Å². The van der Waals surface area contributed by atoms with Crippen molar-refractivity contribution in [2.75, 3.05) is 0 Å². The first-order valence-corrected chi connectivity index (χ1v) is 4.05. The molecular formula is C8H14O3. The van der Waals surface area contributed by atoms with E-state index in [2.05, 4.69) is 4.89 Å². The van der Waals surface area contributed by atoms with E-state index in [4.69, 9.17) is 5.26 Å². The van der Waals surface area contributed by atoms with Crippen LogP contribution in [0.2, 0.25) is 0 Å². The maximum absolute atomic E-state index is 11.3. The standard InChI is InChI=1S/C8H14O3/c1-8(11-10)6-4-2-3-5-7(8)9/h10H,2-6H2,1H3. The molecule has 1 fully saturated rings. The highest BCUT2D eigenvalue weighted by Gasteiger charge is 2.35. The lowest BCUT2D eigenvalue weighted by Crippen LogP contribution is -2.36. The fourth-order valence-electron chi connectivity index (χ4n) is 1.43. The van der Waals surface area contributed by atoms with Crippen LogP contribution in [0.5, 0.6) is 0 Å². The molecule has 0 aliphatic heterocycles. The van der Waals surface area contributed by atoms with Crippen LogP contribution in [-0.4, -0.2) is 16.6 Å². The number of carbonyl (C=O) groups excluding carboxylic acids is 1. The summed E-state index contributed by atoms with van der Waals surface area (Å²) in [6, 6.07) is 0. The molecule has 1 rings (SSSR count). The van der Waals surface area contributed by atoms with Gasteiger partial charge >= 0.3 is 0 Å². The second kappa shape index (κ2) is 3.32. The maximum atomic E-state index is 11.3. The summed E-state index contributed by atoms with van der Waals surface area (Å²) in [4.78, 5) is 15.5. The van der Waals surface area contributed by atoms with E-state index in [-0.39, 0.29) is 5.78 Å². The molecule has 1 aliphatic rings. The zero-order valence-corrected chi connectivity index (χ0v) is 6.80. The summed E-state index contributed by atoms with van der Waals surface area (Å²) in [5.74, 6) is 0.0255. The molecule has 64 valence electrons. The van der Waals surface area contributed by atoms with Gasteiger partial charge in [0.2, 0.25) is 0 Å². The van der Waals surface area contributed by atoms with Crippen molar-refractivity contribution in [2.24, 2.45) is 0 Å². The van der Waals surface area contributed by atoms with E-state index in [1.807, 2.05) is 0 Å². The van der Waals surface area contributed by atoms with E-state index < -0.39 is 5.60 Å². The van der Waals surface area contributed by atoms with Crippen LogP contribution in [0.4, 0.5) is 0 Å². The lowest BCUT2D eigenvalue weighted by Gasteiger charge is -2.21. The van der Waals surface area contributed by atoms with Crippen LogP contribution < -0.4 is 0 Å². The predicted molar refractivity (Wildman–Crippen MR) is 40.2 cm³/mol. The van der Waals surface area contributed by atoms with Crippen LogP contribution in [0.25, 0.3) is 0 Å². The van der Waals surface area contributed by atoms with Gasteiger partial charge in [0, 0.05) is 6.42 Å². The van der Waals surface area contributed by atoms with Gasteiger partial charge in [0.1, 0.15) is 0 Å². The normalized spacial score (nSPS) is 33.5. The molecule has 0 heterocycles. The molecule has 1 N–H and O–H groups in total. The minimum atomic E-state index is -0.920. The van der Waals surface area contributed by atoms with Crippen LogP contribution in [0.3, 0.4) is 0 Å². The second-order valence-corrected chi connectivity index (χ2v) is 3.31. The third-order valence-corrected chi connectivity index (χ3v) is 2.35. The van der Waals surface area contributed by atoms with Gasteiger partial charge in [-0.25, -0.2) is 4.89 Å². The molecule has 0 aromatic carbocycles. The smallest absolute Gasteiger partial charge is 0.167 e. The molecule has 1 unspecified atom stereocenters. The quantitative estimate of drug-likeness (QED) is 0.359. The van der Waals surface area contributed by atoms with Gasteiger partial charge in [0.15, 0.2) is 11.4 Å². The average molecular weight is 158 g/mol. The third-order valence-electron chi connectivity index (χ3n) is 2.35. The molecule has 0 saturated heterocycles. The zero-order valence-electron chi connectivity index (χ0n) is 6.80. The Morgan fingerprint density at radius 1 is 1.45 bits per heavy atom. The summed E-state index contributed by atoms with van der Waals surface area (Å²) in [6.07, 6.45) is 4.13. The van der Waals surface area contributed by atoms with E-state index in [0.717, 1.165) is 19.3 Å². The molecule has 0 radical (unpaired) electrons. The Labute approximate surface area is 66.3 Å². The van der Waals surface area contributed by atoms with E-state index in [9.17, 15) is 4.79 Å². The van der Waals surface area contributed by atoms with E-state index in [1.165, 1.54) is 0 Å². The molecule has 1 atom stereocenters. The maximum Gasteiger partial charge on any atom is 0.167 e. The van der Waals surface area contributed by atoms with Crippen molar-refractivity contribution in [2.45, 2.75) is 44.6 Å². The summed E-state index contributed by atoms with van der Waals surface area (Å²) in [6.45, 7) is 1.65. The van der Waals surface area contributed by atoms with Crippen LogP contribution >= 0.6 is 0 Å². The lowest BCUT2D eigenvalue weighted by molar-refractivity contribution is -0.307. The number of carbonyl (C=O) groups is 1. The molecule has 0 bridgehead atoms. The topological polar surface area (TPSA) is 46.5 Å². The first-order valence-electron chi connectivity index (χ1n) is 4.05. The Morgan fingerprint density at radius 2 is 2.18 bits per heavy atom. The highest BCUT2D eigenvalue weighted by Crippen LogP contribution is 2.26. The van der Waals surface area contributed by atoms with Crippen LogP contribution in [-0.2, 0) is 9.68 Å². The lowest BCUT2D eigenvalue weighted by atomic mass is 9.96. The summed E-state index contributed by atoms with van der Waals surface area (Å²) in [5.41, 5.74) is -0.920. The van der Waals surface area contributed by atoms with Gasteiger partial charge in [-0.15, -0.1) is 0 Å². The molecular weight excluding hydrogens is 144 g/mol. The third kappa shape index (κ3) is 1.79. The average Bonchev–Trinajstić information content (AvgIpc) is 2.16. The molecule has 3 nitrogen and oxygen atoms in total. The molecule has 1 saturated carbocycles. The molecule has 0 amide bonds. The molecule has 0 spiro atoms. The van der Waals surface area contributed by atoms with Crippen LogP contribution in [0.15, 0.2) is 0 Å². The zero-order chi connectivity index (χ0) is 8.32. The number of hydrogen-bond donors (Lipinski definition) is 1. The Kier molecular flexibility index (Phi) is 2.62. The monoisotopic (exact) mass is 158 g/mol. The summed E-state index contributed by atoms with van der Waals surface area (Å²) >= 11 is 0. The highest BCUT2D eigenvalue weighted by atomic mass is 17.1. The van der Waals surface area contributed by atoms with Crippen molar-refractivity contribution in [1.82, 2.24) is 0 Å². The molecule has 0 aromatic heterocycles. The molecule has 1 aliphatic carbocycles. The van der Waals surface area contributed by atoms with Gasteiger partial charge < -0.3 is 0 Å². The fourth-order valence-corrected chi connectivity index (χ4v) is 1.43. The van der Waals surface area contributed by atoms with Gasteiger partial charge in [-0.1, -0.05) is 6.42 Å². The van der Waals surface area contributed by atoms with Crippen molar-refractivity contribution in [3.8, 4) is 0 Å². The number of hydrogen-bond acceptors (Lipinski definition) is 3. The minimum Gasteiger partial charge on any atom is -0.296 e. The predicted octanol–water partition coefficient (Wildman–Crippen LogP) is 1.77. The van der Waals surface area contributed by atoms with Gasteiger partial charge in [-0.3, -0.25) is 10.1 Å². The summed E-state index contributed by atoms with van der Waals surface area (Å²) in [5, 5.41) is 8.52. The Hall–Kier alpha value is -0.410. The largest absolute Gasteiger partial charge is 0.296 e. The van der Waals surface area contributed by atoms with Crippen LogP contribution in [0.1, 0.15) is 39.0 Å². The number of rotatable bonds is 1. The van der Waals surface area contributed by atoms with Crippen molar-refractivity contribution in [3.05, 3.63) is 0 Å². The Morgan fingerprint density at radius 3 is 2.82 bits per heavy atom. The number of ketones is 1. The Balaban J connectivity index is 2.66. The molecule has 11 heavy (non-hydrogen) atoms. The van der Waals surface area contributed by atoms with Gasteiger partial charge in [0.25, 0.3) is 0 Å². The van der Waals surface area contributed by atoms with E-state index in [1.54, 1.807) is 6.92 Å². The van der Waals surface area contributed by atoms with Crippen molar-refractivity contribution in [3.63, 3.8) is 0 Å². The first kappa shape index (κ1) is 8.68. The van der Waals surface area contributed by atoms with E-state index in [0.29, 0.717) is 12.8 Å². The Bertz CT molecular complexity index is 155. The van der Waals surface area contributed by atoms with Crippen molar-refractivity contribution in [1.29, 1.82) is 0 Å². The van der Waals surface area contributed by atoms with E-state index >= 15 is 0 Å². The number of Topliss-reactive ketones (excluding diaryl/α,β-unsaturated/α-hetero) is 1. The summed E-state index contributed by atoms with van der Waals surface area (Å²) in [7, 11) is 0. The SMILES string of the molecule is CC1(OO)CCCCCC1=O. The van der Waals surface area contributed by atoms with Crippen molar-refractivity contribution < 1.29 is 14.9 Å². The molecule has 3 heteroatoms.